The summed E-state index contributed by atoms with van der Waals surface area (Å²) in [5, 5.41) is 3.07. The fraction of sp³-hybridized carbons (Fsp3) is 0.375. The normalized spacial score (nSPS) is 14.7. The van der Waals surface area contributed by atoms with Crippen LogP contribution in [0.2, 0.25) is 0 Å². The molecule has 1 saturated heterocycles. The Hall–Kier alpha value is -3.19. The van der Waals surface area contributed by atoms with Gasteiger partial charge in [-0.1, -0.05) is 26.0 Å². The van der Waals surface area contributed by atoms with Gasteiger partial charge < -0.3 is 14.8 Å². The van der Waals surface area contributed by atoms with Crippen molar-refractivity contribution in [1.82, 2.24) is 24.3 Å². The Morgan fingerprint density at radius 3 is 2.52 bits per heavy atom. The average Bonchev–Trinajstić information content (AvgIpc) is 3.24. The summed E-state index contributed by atoms with van der Waals surface area (Å²) in [4.78, 5) is 25.6. The van der Waals surface area contributed by atoms with Crippen LogP contribution in [0.4, 0.5) is 10.5 Å². The molecule has 1 fully saturated rings. The summed E-state index contributed by atoms with van der Waals surface area (Å²) in [5.41, 5.74) is 3.22. The number of anilines is 1. The van der Waals surface area contributed by atoms with Gasteiger partial charge in [-0.15, -0.1) is 0 Å². The number of carbonyl (C=O) groups excluding carboxylic acids is 1. The Morgan fingerprint density at radius 2 is 1.77 bits per heavy atom. The quantitative estimate of drug-likeness (QED) is 0.661. The summed E-state index contributed by atoms with van der Waals surface area (Å²) in [6.07, 6.45) is 7.49. The van der Waals surface area contributed by atoms with E-state index in [-0.39, 0.29) is 6.03 Å². The number of urea groups is 1. The molecule has 0 aliphatic carbocycles. The van der Waals surface area contributed by atoms with Crippen LogP contribution >= 0.6 is 0 Å². The molecular formula is C24H30N6O. The van der Waals surface area contributed by atoms with Gasteiger partial charge in [-0.05, 0) is 35.4 Å². The lowest BCUT2D eigenvalue weighted by Crippen LogP contribution is -2.49. The van der Waals surface area contributed by atoms with Gasteiger partial charge >= 0.3 is 6.03 Å². The molecule has 0 spiro atoms. The predicted molar refractivity (Wildman–Crippen MR) is 122 cm³/mol. The zero-order valence-electron chi connectivity index (χ0n) is 18.2. The van der Waals surface area contributed by atoms with Crippen molar-refractivity contribution in [2.45, 2.75) is 32.9 Å². The Balaban J connectivity index is 1.31. The number of piperazine rings is 1. The maximum absolute atomic E-state index is 12.8. The van der Waals surface area contributed by atoms with Crippen LogP contribution in [0, 0.1) is 0 Å². The second-order valence-corrected chi connectivity index (χ2v) is 8.32. The number of hydrogen-bond acceptors (Lipinski definition) is 4. The SMILES string of the molecule is CC(C)c1nccn1Cc1cccc(NC(=O)N2CCN(Cc3ccncc3)CC2)c1. The van der Waals surface area contributed by atoms with Crippen LogP contribution in [-0.4, -0.2) is 56.5 Å². The van der Waals surface area contributed by atoms with E-state index in [1.165, 1.54) is 5.56 Å². The maximum Gasteiger partial charge on any atom is 0.321 e. The summed E-state index contributed by atoms with van der Waals surface area (Å²) in [7, 11) is 0. The van der Waals surface area contributed by atoms with E-state index in [4.69, 9.17) is 0 Å². The highest BCUT2D eigenvalue weighted by Crippen LogP contribution is 2.17. The number of nitrogens with one attached hydrogen (secondary N) is 1. The lowest BCUT2D eigenvalue weighted by molar-refractivity contribution is 0.143. The van der Waals surface area contributed by atoms with Crippen LogP contribution in [-0.2, 0) is 13.1 Å². The topological polar surface area (TPSA) is 66.3 Å². The number of pyridine rings is 1. The van der Waals surface area contributed by atoms with E-state index in [0.29, 0.717) is 5.92 Å². The molecule has 4 rings (SSSR count). The molecule has 0 atom stereocenters. The molecule has 3 heterocycles. The molecule has 31 heavy (non-hydrogen) atoms. The van der Waals surface area contributed by atoms with Crippen molar-refractivity contribution in [3.8, 4) is 0 Å². The van der Waals surface area contributed by atoms with Gasteiger partial charge in [-0.25, -0.2) is 9.78 Å². The smallest absolute Gasteiger partial charge is 0.321 e. The highest BCUT2D eigenvalue weighted by Gasteiger charge is 2.21. The zero-order chi connectivity index (χ0) is 21.6. The molecule has 0 saturated carbocycles. The Kier molecular flexibility index (Phi) is 6.62. The third kappa shape index (κ3) is 5.49. The summed E-state index contributed by atoms with van der Waals surface area (Å²) < 4.78 is 2.16. The fourth-order valence-electron chi connectivity index (χ4n) is 3.96. The van der Waals surface area contributed by atoms with Gasteiger partial charge in [0.2, 0.25) is 0 Å². The molecule has 1 aliphatic heterocycles. The first-order valence-corrected chi connectivity index (χ1v) is 10.9. The van der Waals surface area contributed by atoms with E-state index in [2.05, 4.69) is 44.7 Å². The average molecular weight is 419 g/mol. The van der Waals surface area contributed by atoms with Crippen LogP contribution in [0.1, 0.15) is 36.7 Å². The van der Waals surface area contributed by atoms with Crippen LogP contribution < -0.4 is 5.32 Å². The number of rotatable bonds is 6. The van der Waals surface area contributed by atoms with Gasteiger partial charge in [0.1, 0.15) is 5.82 Å². The van der Waals surface area contributed by atoms with Crippen molar-refractivity contribution in [2.24, 2.45) is 0 Å². The number of hydrogen-bond donors (Lipinski definition) is 1. The summed E-state index contributed by atoms with van der Waals surface area (Å²) >= 11 is 0. The fourth-order valence-corrected chi connectivity index (χ4v) is 3.96. The molecule has 0 bridgehead atoms. The van der Waals surface area contributed by atoms with Gasteiger partial charge in [0.25, 0.3) is 0 Å². The molecule has 7 nitrogen and oxygen atoms in total. The minimum absolute atomic E-state index is 0.0359. The molecule has 0 unspecified atom stereocenters. The molecule has 1 N–H and O–H groups in total. The zero-order valence-corrected chi connectivity index (χ0v) is 18.2. The molecular weight excluding hydrogens is 388 g/mol. The van der Waals surface area contributed by atoms with E-state index in [1.54, 1.807) is 0 Å². The number of imidazole rings is 1. The minimum atomic E-state index is -0.0359. The predicted octanol–water partition coefficient (Wildman–Crippen LogP) is 3.80. The number of benzene rings is 1. The molecule has 2 aromatic heterocycles. The van der Waals surface area contributed by atoms with E-state index in [0.717, 1.165) is 56.3 Å². The highest BCUT2D eigenvalue weighted by molar-refractivity contribution is 5.89. The molecule has 3 aromatic rings. The first kappa shape index (κ1) is 21.1. The van der Waals surface area contributed by atoms with Gasteiger partial charge in [0.15, 0.2) is 0 Å². The second kappa shape index (κ2) is 9.75. The van der Waals surface area contributed by atoms with Gasteiger partial charge in [-0.3, -0.25) is 9.88 Å². The molecule has 2 amide bonds. The maximum atomic E-state index is 12.8. The minimum Gasteiger partial charge on any atom is -0.330 e. The monoisotopic (exact) mass is 418 g/mol. The first-order chi connectivity index (χ1) is 15.1. The van der Waals surface area contributed by atoms with E-state index in [9.17, 15) is 4.79 Å². The Morgan fingerprint density at radius 1 is 1.00 bits per heavy atom. The number of carbonyl (C=O) groups is 1. The van der Waals surface area contributed by atoms with Gasteiger partial charge in [-0.2, -0.15) is 0 Å². The van der Waals surface area contributed by atoms with Crippen LogP contribution in [0.25, 0.3) is 0 Å². The van der Waals surface area contributed by atoms with E-state index in [1.807, 2.05) is 60.0 Å². The standard InChI is InChI=1S/C24H30N6O/c1-19(2)23-26-10-11-30(23)18-21-4-3-5-22(16-21)27-24(31)29-14-12-28(13-15-29)17-20-6-8-25-9-7-20/h3-11,16,19H,12-15,17-18H2,1-2H3,(H,27,31). The number of aromatic nitrogens is 3. The van der Waals surface area contributed by atoms with Crippen molar-refractivity contribution in [3.05, 3.63) is 78.1 Å². The Labute approximate surface area is 183 Å². The van der Waals surface area contributed by atoms with Gasteiger partial charge in [0.05, 0.1) is 0 Å². The summed E-state index contributed by atoms with van der Waals surface area (Å²) in [5.74, 6) is 1.44. The first-order valence-electron chi connectivity index (χ1n) is 10.9. The van der Waals surface area contributed by atoms with Crippen molar-refractivity contribution < 1.29 is 4.79 Å². The van der Waals surface area contributed by atoms with Crippen LogP contribution in [0.3, 0.4) is 0 Å². The number of nitrogens with zero attached hydrogens (tertiary/aromatic N) is 5. The highest BCUT2D eigenvalue weighted by atomic mass is 16.2. The lowest BCUT2D eigenvalue weighted by atomic mass is 10.1. The molecule has 162 valence electrons. The van der Waals surface area contributed by atoms with Crippen molar-refractivity contribution in [3.63, 3.8) is 0 Å². The molecule has 0 radical (unpaired) electrons. The van der Waals surface area contributed by atoms with Crippen LogP contribution in [0.15, 0.2) is 61.2 Å². The third-order valence-corrected chi connectivity index (χ3v) is 5.61. The van der Waals surface area contributed by atoms with Gasteiger partial charge in [0, 0.05) is 75.7 Å². The van der Waals surface area contributed by atoms with E-state index >= 15 is 0 Å². The van der Waals surface area contributed by atoms with Crippen molar-refractivity contribution in [1.29, 1.82) is 0 Å². The number of amides is 2. The molecule has 1 aliphatic rings. The Bertz CT molecular complexity index is 992. The van der Waals surface area contributed by atoms with Crippen molar-refractivity contribution >= 4 is 11.7 Å². The lowest BCUT2D eigenvalue weighted by Gasteiger charge is -2.34. The summed E-state index contributed by atoms with van der Waals surface area (Å²) in [6.45, 7) is 9.12. The third-order valence-electron chi connectivity index (χ3n) is 5.61. The molecule has 1 aromatic carbocycles. The van der Waals surface area contributed by atoms with Crippen LogP contribution in [0.5, 0.6) is 0 Å². The summed E-state index contributed by atoms with van der Waals surface area (Å²) in [6, 6.07) is 12.1. The second-order valence-electron chi connectivity index (χ2n) is 8.32. The largest absolute Gasteiger partial charge is 0.330 e. The van der Waals surface area contributed by atoms with Crippen molar-refractivity contribution in [2.75, 3.05) is 31.5 Å². The van der Waals surface area contributed by atoms with E-state index < -0.39 is 0 Å². The molecule has 7 heteroatoms.